The van der Waals surface area contributed by atoms with Gasteiger partial charge in [0.15, 0.2) is 17.3 Å². The molecule has 0 amide bonds. The lowest BCUT2D eigenvalue weighted by Crippen LogP contribution is -2.34. The van der Waals surface area contributed by atoms with Crippen LogP contribution in [0.25, 0.3) is 5.69 Å². The highest BCUT2D eigenvalue weighted by Crippen LogP contribution is 2.42. The Bertz CT molecular complexity index is 1400. The van der Waals surface area contributed by atoms with Crippen molar-refractivity contribution < 1.29 is 27.4 Å². The fraction of sp³-hybridized carbons (Fsp3) is 0.583. The fourth-order valence-electron chi connectivity index (χ4n) is 4.31. The first kappa shape index (κ1) is 29.8. The van der Waals surface area contributed by atoms with Crippen LogP contribution in [0.5, 0.6) is 11.8 Å². The Morgan fingerprint density at radius 2 is 1.80 bits per heavy atom. The van der Waals surface area contributed by atoms with Gasteiger partial charge in [-0.15, -0.1) is 10.2 Å². The van der Waals surface area contributed by atoms with Crippen molar-refractivity contribution in [2.45, 2.75) is 70.0 Å². The summed E-state index contributed by atoms with van der Waals surface area (Å²) < 4.78 is 54.7. The average Bonchev–Trinajstić information content (AvgIpc) is 3.50. The first-order valence-corrected chi connectivity index (χ1v) is 14.6. The number of rotatable bonds is 12. The maximum Gasteiger partial charge on any atom is 0.245 e. The maximum atomic E-state index is 13.8. The van der Waals surface area contributed by atoms with E-state index in [2.05, 4.69) is 34.9 Å². The molecule has 4 heterocycles. The third-order valence-corrected chi connectivity index (χ3v) is 8.25. The van der Waals surface area contributed by atoms with Crippen LogP contribution in [-0.4, -0.2) is 74.8 Å². The molecular formula is C24H33ClN8O6S. The molecule has 16 heteroatoms. The number of nitrogens with zero attached hydrogens (tertiary/aromatic N) is 7. The second-order valence-electron chi connectivity index (χ2n) is 9.77. The molecule has 1 N–H and O–H groups in total. The molecule has 0 aromatic carbocycles. The van der Waals surface area contributed by atoms with Crippen LogP contribution in [0.1, 0.15) is 70.8 Å². The predicted molar refractivity (Wildman–Crippen MR) is 145 cm³/mol. The van der Waals surface area contributed by atoms with Gasteiger partial charge in [-0.05, 0) is 40.0 Å². The van der Waals surface area contributed by atoms with Crippen molar-refractivity contribution in [3.05, 3.63) is 35.4 Å². The van der Waals surface area contributed by atoms with Crippen LogP contribution in [0, 0.1) is 0 Å². The molecule has 14 nitrogen and oxygen atoms in total. The topological polar surface area (TPSA) is 165 Å². The zero-order chi connectivity index (χ0) is 29.1. The second kappa shape index (κ2) is 12.2. The van der Waals surface area contributed by atoms with Gasteiger partial charge in [-0.25, -0.2) is 18.4 Å². The summed E-state index contributed by atoms with van der Waals surface area (Å²) in [4.78, 5) is 16.8. The van der Waals surface area contributed by atoms with Crippen molar-refractivity contribution in [3.8, 4) is 17.4 Å². The standard InChI is InChI=1S/C24H33ClN8O6S/c1-7-10-38-18(19-26-11-15(25)12-27-19)14(2)40(34,35)32-23-31-30-20(16-8-9-24(3,4)39-16)33(23)17-21(36-5)28-13-29-22(17)37-6/h11-14,16,18H,7-10H2,1-6H3,(H,31,32)/t14-,16-,18+/m0/s1. The minimum atomic E-state index is -4.18. The first-order valence-electron chi connectivity index (χ1n) is 12.7. The van der Waals surface area contributed by atoms with Crippen molar-refractivity contribution in [3.63, 3.8) is 0 Å². The number of sulfonamides is 1. The molecule has 0 saturated carbocycles. The number of hydrogen-bond donors (Lipinski definition) is 1. The van der Waals surface area contributed by atoms with E-state index in [1.165, 1.54) is 44.4 Å². The second-order valence-corrected chi connectivity index (χ2v) is 12.2. The number of methoxy groups -OCH3 is 2. The van der Waals surface area contributed by atoms with Gasteiger partial charge in [-0.3, -0.25) is 9.29 Å². The lowest BCUT2D eigenvalue weighted by atomic mass is 10.1. The highest BCUT2D eigenvalue weighted by molar-refractivity contribution is 7.93. The quantitative estimate of drug-likeness (QED) is 0.324. The first-order chi connectivity index (χ1) is 19.0. The van der Waals surface area contributed by atoms with Gasteiger partial charge in [0.05, 0.1) is 24.8 Å². The van der Waals surface area contributed by atoms with Crippen molar-refractivity contribution in [1.82, 2.24) is 34.7 Å². The lowest BCUT2D eigenvalue weighted by molar-refractivity contribution is -0.0207. The Morgan fingerprint density at radius 3 is 2.35 bits per heavy atom. The van der Waals surface area contributed by atoms with Crippen molar-refractivity contribution in [2.24, 2.45) is 0 Å². The summed E-state index contributed by atoms with van der Waals surface area (Å²) >= 11 is 5.94. The highest BCUT2D eigenvalue weighted by atomic mass is 35.5. The molecule has 3 atom stereocenters. The van der Waals surface area contributed by atoms with Crippen LogP contribution in [0.4, 0.5) is 5.95 Å². The van der Waals surface area contributed by atoms with Gasteiger partial charge < -0.3 is 18.9 Å². The van der Waals surface area contributed by atoms with Crippen LogP contribution < -0.4 is 14.2 Å². The molecule has 218 valence electrons. The molecule has 3 aromatic heterocycles. The molecule has 3 aromatic rings. The Kier molecular flexibility index (Phi) is 9.07. The van der Waals surface area contributed by atoms with Gasteiger partial charge >= 0.3 is 0 Å². The summed E-state index contributed by atoms with van der Waals surface area (Å²) in [6.07, 6.45) is 4.62. The summed E-state index contributed by atoms with van der Waals surface area (Å²) in [5.41, 5.74) is -0.189. The fourth-order valence-corrected chi connectivity index (χ4v) is 5.51. The predicted octanol–water partition coefficient (Wildman–Crippen LogP) is 3.45. The van der Waals surface area contributed by atoms with Gasteiger partial charge in [0, 0.05) is 19.0 Å². The highest BCUT2D eigenvalue weighted by Gasteiger charge is 2.39. The van der Waals surface area contributed by atoms with E-state index in [0.717, 1.165) is 6.42 Å². The molecule has 1 fully saturated rings. The van der Waals surface area contributed by atoms with E-state index in [1.54, 1.807) is 0 Å². The Morgan fingerprint density at radius 1 is 1.15 bits per heavy atom. The number of anilines is 1. The number of hydrogen-bond acceptors (Lipinski definition) is 12. The summed E-state index contributed by atoms with van der Waals surface area (Å²) in [5.74, 6) is 0.629. The van der Waals surface area contributed by atoms with Crippen LogP contribution in [0.15, 0.2) is 18.7 Å². The molecule has 1 saturated heterocycles. The van der Waals surface area contributed by atoms with E-state index in [4.69, 9.17) is 30.5 Å². The SMILES string of the molecule is CCCO[C@@H](c1ncc(Cl)cn1)[C@H](C)S(=O)(=O)Nc1nnc([C@@H]2CCC(C)(C)O2)n1-c1c(OC)ncnc1OC. The average molecular weight is 597 g/mol. The molecule has 1 aliphatic heterocycles. The number of halogens is 1. The summed E-state index contributed by atoms with van der Waals surface area (Å²) in [5, 5.41) is 7.69. The molecule has 4 rings (SSSR count). The largest absolute Gasteiger partial charge is 0.479 e. The van der Waals surface area contributed by atoms with Crippen molar-refractivity contribution in [1.29, 1.82) is 0 Å². The van der Waals surface area contributed by atoms with Crippen LogP contribution in [0.2, 0.25) is 5.02 Å². The number of aromatic nitrogens is 7. The van der Waals surface area contributed by atoms with E-state index in [9.17, 15) is 8.42 Å². The summed E-state index contributed by atoms with van der Waals surface area (Å²) in [6, 6.07) is 0. The molecule has 40 heavy (non-hydrogen) atoms. The smallest absolute Gasteiger partial charge is 0.245 e. The van der Waals surface area contributed by atoms with Gasteiger partial charge in [0.1, 0.15) is 23.8 Å². The molecule has 1 aliphatic rings. The molecule has 0 unspecified atom stereocenters. The Balaban J connectivity index is 1.79. The van der Waals surface area contributed by atoms with Gasteiger partial charge in [0.25, 0.3) is 0 Å². The third-order valence-electron chi connectivity index (χ3n) is 6.36. The minimum absolute atomic E-state index is 0.123. The Hall–Kier alpha value is -3.14. The van der Waals surface area contributed by atoms with Crippen LogP contribution in [-0.2, 0) is 19.5 Å². The lowest BCUT2D eigenvalue weighted by Gasteiger charge is -2.24. The number of ether oxygens (including phenoxy) is 4. The monoisotopic (exact) mass is 596 g/mol. The molecule has 0 bridgehead atoms. The zero-order valence-corrected chi connectivity index (χ0v) is 24.7. The molecule has 0 spiro atoms. The minimum Gasteiger partial charge on any atom is -0.479 e. The van der Waals surface area contributed by atoms with Crippen LogP contribution >= 0.6 is 11.6 Å². The van der Waals surface area contributed by atoms with E-state index in [0.29, 0.717) is 30.3 Å². The van der Waals surface area contributed by atoms with E-state index >= 15 is 0 Å². The Labute approximate surface area is 237 Å². The van der Waals surface area contributed by atoms with Gasteiger partial charge in [0.2, 0.25) is 27.7 Å². The maximum absolute atomic E-state index is 13.8. The van der Waals surface area contributed by atoms with Gasteiger partial charge in [-0.1, -0.05) is 18.5 Å². The number of nitrogens with one attached hydrogen (secondary N) is 1. The van der Waals surface area contributed by atoms with Crippen LogP contribution in [0.3, 0.4) is 0 Å². The van der Waals surface area contributed by atoms with Gasteiger partial charge in [-0.2, -0.15) is 9.97 Å². The van der Waals surface area contributed by atoms with E-state index in [1.807, 2.05) is 20.8 Å². The molecular weight excluding hydrogens is 564 g/mol. The van der Waals surface area contributed by atoms with E-state index < -0.39 is 33.1 Å². The molecule has 0 aliphatic carbocycles. The van der Waals surface area contributed by atoms with Crippen molar-refractivity contribution in [2.75, 3.05) is 25.5 Å². The third kappa shape index (κ3) is 6.27. The summed E-state index contributed by atoms with van der Waals surface area (Å²) in [6.45, 7) is 7.65. The zero-order valence-electron chi connectivity index (χ0n) is 23.2. The van der Waals surface area contributed by atoms with E-state index in [-0.39, 0.29) is 29.2 Å². The summed E-state index contributed by atoms with van der Waals surface area (Å²) in [7, 11) is -1.32. The van der Waals surface area contributed by atoms with Crippen molar-refractivity contribution >= 4 is 27.6 Å². The molecule has 0 radical (unpaired) electrons. The normalized spacial score (nSPS) is 18.3.